The number of allylic oxidation sites excluding steroid dienone is 1. The fourth-order valence-corrected chi connectivity index (χ4v) is 7.06. The van der Waals surface area contributed by atoms with E-state index in [4.69, 9.17) is 4.74 Å². The van der Waals surface area contributed by atoms with Gasteiger partial charge in [-0.15, -0.1) is 0 Å². The molecular weight excluding hydrogens is 498 g/mol. The number of hydrogen-bond acceptors (Lipinski definition) is 1. The lowest BCUT2D eigenvalue weighted by Crippen LogP contribution is -2.07. The quantitative estimate of drug-likeness (QED) is 0.219. The monoisotopic (exact) mass is 525 g/mol. The SMILES string of the molecule is CC1C=Cc2ccc3c4ccccc4n(-c4ccccc4-c4ccc5c(c4)-c4cccc6cccc(c46)O5)c3c2C1. The summed E-state index contributed by atoms with van der Waals surface area (Å²) in [5.41, 5.74) is 11.3. The molecule has 2 nitrogen and oxygen atoms in total. The minimum Gasteiger partial charge on any atom is -0.456 e. The van der Waals surface area contributed by atoms with Crippen LogP contribution in [-0.4, -0.2) is 4.57 Å². The molecule has 0 amide bonds. The third kappa shape index (κ3) is 3.25. The van der Waals surface area contributed by atoms with E-state index in [1.54, 1.807) is 0 Å². The molecule has 2 heterocycles. The minimum atomic E-state index is 0.515. The summed E-state index contributed by atoms with van der Waals surface area (Å²) < 4.78 is 8.93. The molecule has 1 unspecified atom stereocenters. The average molecular weight is 526 g/mol. The van der Waals surface area contributed by atoms with Crippen molar-refractivity contribution < 1.29 is 4.74 Å². The Morgan fingerprint density at radius 3 is 2.46 bits per heavy atom. The van der Waals surface area contributed by atoms with Gasteiger partial charge in [-0.25, -0.2) is 0 Å². The summed E-state index contributed by atoms with van der Waals surface area (Å²) in [6, 6.07) is 41.8. The molecule has 2 heteroatoms. The van der Waals surface area contributed by atoms with E-state index in [1.807, 2.05) is 0 Å². The maximum absolute atomic E-state index is 6.42. The first-order chi connectivity index (χ1) is 20.2. The number of aromatic nitrogens is 1. The molecular formula is C39H27NO. The lowest BCUT2D eigenvalue weighted by Gasteiger charge is -2.23. The van der Waals surface area contributed by atoms with Gasteiger partial charge in [-0.2, -0.15) is 0 Å². The van der Waals surface area contributed by atoms with Crippen LogP contribution in [0.1, 0.15) is 18.1 Å². The van der Waals surface area contributed by atoms with Crippen molar-refractivity contribution in [3.63, 3.8) is 0 Å². The van der Waals surface area contributed by atoms with Gasteiger partial charge < -0.3 is 9.30 Å². The second-order valence-electron chi connectivity index (χ2n) is 11.4. The molecule has 0 spiro atoms. The number of benzene rings is 6. The molecule has 0 bridgehead atoms. The Morgan fingerprint density at radius 2 is 1.51 bits per heavy atom. The van der Waals surface area contributed by atoms with Crippen LogP contribution in [0.2, 0.25) is 0 Å². The van der Waals surface area contributed by atoms with Gasteiger partial charge in [0.2, 0.25) is 0 Å². The average Bonchev–Trinajstić information content (AvgIpc) is 3.36. The Kier molecular flexibility index (Phi) is 4.68. The molecule has 41 heavy (non-hydrogen) atoms. The van der Waals surface area contributed by atoms with E-state index < -0.39 is 0 Å². The zero-order valence-corrected chi connectivity index (χ0v) is 22.8. The summed E-state index contributed by atoms with van der Waals surface area (Å²) in [6.45, 7) is 2.31. The molecule has 0 N–H and O–H groups in total. The van der Waals surface area contributed by atoms with E-state index in [-0.39, 0.29) is 0 Å². The van der Waals surface area contributed by atoms with Gasteiger partial charge in [0, 0.05) is 27.3 Å². The van der Waals surface area contributed by atoms with Crippen LogP contribution >= 0.6 is 0 Å². The maximum atomic E-state index is 6.42. The first-order valence-corrected chi connectivity index (χ1v) is 14.4. The number of ether oxygens (including phenoxy) is 1. The summed E-state index contributed by atoms with van der Waals surface area (Å²) in [7, 11) is 0. The van der Waals surface area contributed by atoms with Crippen molar-refractivity contribution >= 4 is 38.7 Å². The Bertz CT molecular complexity index is 2230. The molecule has 0 saturated carbocycles. The Labute approximate surface area is 238 Å². The van der Waals surface area contributed by atoms with Crippen molar-refractivity contribution in [2.75, 3.05) is 0 Å². The molecule has 1 aliphatic carbocycles. The van der Waals surface area contributed by atoms with Gasteiger partial charge in [0.1, 0.15) is 11.5 Å². The Hall–Kier alpha value is -5.08. The van der Waals surface area contributed by atoms with Gasteiger partial charge >= 0.3 is 0 Å². The van der Waals surface area contributed by atoms with Crippen molar-refractivity contribution in [1.29, 1.82) is 0 Å². The zero-order valence-electron chi connectivity index (χ0n) is 22.8. The van der Waals surface area contributed by atoms with Crippen LogP contribution in [0.25, 0.3) is 66.6 Å². The predicted octanol–water partition coefficient (Wildman–Crippen LogP) is 10.6. The second-order valence-corrected chi connectivity index (χ2v) is 11.4. The lowest BCUT2D eigenvalue weighted by atomic mass is 9.89. The number of hydrogen-bond donors (Lipinski definition) is 0. The number of nitrogens with zero attached hydrogens (tertiary/aromatic N) is 1. The summed E-state index contributed by atoms with van der Waals surface area (Å²) >= 11 is 0. The second kappa shape index (κ2) is 8.46. The fourth-order valence-electron chi connectivity index (χ4n) is 7.06. The smallest absolute Gasteiger partial charge is 0.135 e. The molecule has 0 radical (unpaired) electrons. The zero-order chi connectivity index (χ0) is 27.1. The van der Waals surface area contributed by atoms with Crippen LogP contribution in [0.15, 0.2) is 121 Å². The third-order valence-corrected chi connectivity index (χ3v) is 8.92. The molecule has 1 aromatic heterocycles. The van der Waals surface area contributed by atoms with Gasteiger partial charge in [0.15, 0.2) is 0 Å². The van der Waals surface area contributed by atoms with E-state index in [0.29, 0.717) is 5.92 Å². The first kappa shape index (κ1) is 22.7. The molecule has 194 valence electrons. The molecule has 6 aromatic carbocycles. The third-order valence-electron chi connectivity index (χ3n) is 8.92. The van der Waals surface area contributed by atoms with E-state index in [1.165, 1.54) is 66.1 Å². The van der Waals surface area contributed by atoms with Crippen molar-refractivity contribution in [3.05, 3.63) is 132 Å². The highest BCUT2D eigenvalue weighted by Gasteiger charge is 2.23. The van der Waals surface area contributed by atoms with E-state index in [0.717, 1.165) is 23.5 Å². The Balaban J connectivity index is 1.32. The van der Waals surface area contributed by atoms with Gasteiger partial charge in [-0.05, 0) is 70.3 Å². The van der Waals surface area contributed by atoms with Gasteiger partial charge in [-0.1, -0.05) is 104 Å². The molecule has 2 aliphatic rings. The summed E-state index contributed by atoms with van der Waals surface area (Å²) in [5.74, 6) is 2.35. The number of rotatable bonds is 2. The van der Waals surface area contributed by atoms with Gasteiger partial charge in [0.25, 0.3) is 0 Å². The molecule has 1 atom stereocenters. The van der Waals surface area contributed by atoms with Crippen molar-refractivity contribution in [2.45, 2.75) is 13.3 Å². The minimum absolute atomic E-state index is 0.515. The number of para-hydroxylation sites is 2. The molecule has 0 saturated heterocycles. The van der Waals surface area contributed by atoms with Crippen LogP contribution in [0.5, 0.6) is 11.5 Å². The fraction of sp³-hybridized carbons (Fsp3) is 0.0769. The van der Waals surface area contributed by atoms with E-state index >= 15 is 0 Å². The largest absolute Gasteiger partial charge is 0.456 e. The van der Waals surface area contributed by atoms with E-state index in [2.05, 4.69) is 139 Å². The highest BCUT2D eigenvalue weighted by Crippen LogP contribution is 2.48. The van der Waals surface area contributed by atoms with Crippen LogP contribution in [0.3, 0.4) is 0 Å². The van der Waals surface area contributed by atoms with Crippen LogP contribution in [-0.2, 0) is 6.42 Å². The molecule has 0 fully saturated rings. The van der Waals surface area contributed by atoms with E-state index in [9.17, 15) is 0 Å². The summed E-state index contributed by atoms with van der Waals surface area (Å²) in [5, 5.41) is 5.00. The standard InChI is InChI=1S/C39H27NO/c1-24-16-17-25-18-20-31-29-11-3-5-14-35(29)40(39(31)32(25)22-24)34-13-4-2-10-28(34)27-19-21-36-33(23-27)30-12-6-8-26-9-7-15-37(41-36)38(26)30/h2-21,23-24H,22H2,1H3. The van der Waals surface area contributed by atoms with Crippen molar-refractivity contribution in [2.24, 2.45) is 5.92 Å². The normalized spacial score (nSPS) is 15.2. The lowest BCUT2D eigenvalue weighted by molar-refractivity contribution is 0.487. The molecule has 9 rings (SSSR count). The highest BCUT2D eigenvalue weighted by atomic mass is 16.5. The highest BCUT2D eigenvalue weighted by molar-refractivity contribution is 6.12. The van der Waals surface area contributed by atoms with Gasteiger partial charge in [0.05, 0.1) is 16.7 Å². The van der Waals surface area contributed by atoms with Crippen LogP contribution in [0, 0.1) is 5.92 Å². The summed E-state index contributed by atoms with van der Waals surface area (Å²) in [6.07, 6.45) is 5.68. The van der Waals surface area contributed by atoms with Gasteiger partial charge in [-0.3, -0.25) is 0 Å². The Morgan fingerprint density at radius 1 is 0.683 bits per heavy atom. The first-order valence-electron chi connectivity index (χ1n) is 14.4. The maximum Gasteiger partial charge on any atom is 0.135 e. The summed E-state index contributed by atoms with van der Waals surface area (Å²) in [4.78, 5) is 0. The van der Waals surface area contributed by atoms with Crippen molar-refractivity contribution in [3.8, 4) is 39.4 Å². The molecule has 1 aliphatic heterocycles. The van der Waals surface area contributed by atoms with Crippen LogP contribution in [0.4, 0.5) is 0 Å². The van der Waals surface area contributed by atoms with Crippen molar-refractivity contribution in [1.82, 2.24) is 4.57 Å². The predicted molar refractivity (Wildman–Crippen MR) is 171 cm³/mol. The topological polar surface area (TPSA) is 14.2 Å². The molecule has 7 aromatic rings. The number of fused-ring (bicyclic) bond motifs is 7. The van der Waals surface area contributed by atoms with Crippen LogP contribution < -0.4 is 4.74 Å².